The zero-order valence-corrected chi connectivity index (χ0v) is 10.6. The SMILES string of the molecule is CC1(C)c2ccccc2Oc2cccc(BO)c21. The summed E-state index contributed by atoms with van der Waals surface area (Å²) in [5, 5.41) is 9.52. The first-order valence-electron chi connectivity index (χ1n) is 6.15. The summed E-state index contributed by atoms with van der Waals surface area (Å²) < 4.78 is 5.94. The molecule has 2 aromatic rings. The lowest BCUT2D eigenvalue weighted by Gasteiger charge is -2.35. The van der Waals surface area contributed by atoms with Crippen LogP contribution >= 0.6 is 0 Å². The molecule has 3 rings (SSSR count). The Bertz CT molecular complexity index is 605. The molecule has 3 heteroatoms. The number of hydrogen-bond acceptors (Lipinski definition) is 2. The maximum Gasteiger partial charge on any atom is 0.305 e. The zero-order chi connectivity index (χ0) is 12.8. The standard InChI is InChI=1S/C15H15BO2/c1-15(2)10-6-3-4-8-12(10)18-13-9-5-7-11(16-17)14(13)15/h3-9,16-17H,1-2H3. The van der Waals surface area contributed by atoms with E-state index in [1.165, 1.54) is 5.56 Å². The van der Waals surface area contributed by atoms with Gasteiger partial charge in [0.25, 0.3) is 0 Å². The molecule has 90 valence electrons. The van der Waals surface area contributed by atoms with Crippen molar-refractivity contribution in [2.75, 3.05) is 0 Å². The first-order chi connectivity index (χ1) is 8.64. The van der Waals surface area contributed by atoms with Gasteiger partial charge in [0.05, 0.1) is 0 Å². The van der Waals surface area contributed by atoms with Crippen LogP contribution in [0.4, 0.5) is 0 Å². The zero-order valence-electron chi connectivity index (χ0n) is 10.6. The van der Waals surface area contributed by atoms with Crippen LogP contribution in [0.15, 0.2) is 42.5 Å². The van der Waals surface area contributed by atoms with Crippen molar-refractivity contribution in [3.8, 4) is 11.5 Å². The molecule has 0 unspecified atom stereocenters. The molecular weight excluding hydrogens is 223 g/mol. The van der Waals surface area contributed by atoms with E-state index in [0.717, 1.165) is 22.5 Å². The van der Waals surface area contributed by atoms with Gasteiger partial charge in [-0.25, -0.2) is 0 Å². The Labute approximate surface area is 108 Å². The Hall–Kier alpha value is -1.74. The fourth-order valence-electron chi connectivity index (χ4n) is 2.83. The van der Waals surface area contributed by atoms with E-state index < -0.39 is 0 Å². The number of hydrogen-bond donors (Lipinski definition) is 1. The summed E-state index contributed by atoms with van der Waals surface area (Å²) in [4.78, 5) is 0. The summed E-state index contributed by atoms with van der Waals surface area (Å²) in [5.41, 5.74) is 3.04. The highest BCUT2D eigenvalue weighted by molar-refractivity contribution is 6.46. The largest absolute Gasteiger partial charge is 0.457 e. The van der Waals surface area contributed by atoms with Crippen LogP contribution in [0.3, 0.4) is 0 Å². The van der Waals surface area contributed by atoms with E-state index >= 15 is 0 Å². The number of rotatable bonds is 1. The van der Waals surface area contributed by atoms with E-state index in [1.54, 1.807) is 0 Å². The average Bonchev–Trinajstić information content (AvgIpc) is 2.38. The van der Waals surface area contributed by atoms with Gasteiger partial charge in [-0.15, -0.1) is 0 Å². The van der Waals surface area contributed by atoms with Gasteiger partial charge in [-0.3, -0.25) is 0 Å². The first-order valence-corrected chi connectivity index (χ1v) is 6.15. The number of fused-ring (bicyclic) bond motifs is 2. The van der Waals surface area contributed by atoms with Gasteiger partial charge in [0.15, 0.2) is 0 Å². The van der Waals surface area contributed by atoms with Crippen LogP contribution in [0.5, 0.6) is 11.5 Å². The van der Waals surface area contributed by atoms with E-state index in [-0.39, 0.29) is 12.9 Å². The Morgan fingerprint density at radius 3 is 2.50 bits per heavy atom. The molecule has 0 aliphatic carbocycles. The molecule has 1 heterocycles. The Morgan fingerprint density at radius 2 is 1.72 bits per heavy atom. The number of ether oxygens (including phenoxy) is 1. The molecule has 18 heavy (non-hydrogen) atoms. The molecule has 0 radical (unpaired) electrons. The predicted octanol–water partition coefficient (Wildman–Crippen LogP) is 2.09. The topological polar surface area (TPSA) is 29.5 Å². The molecule has 0 spiro atoms. The fourth-order valence-corrected chi connectivity index (χ4v) is 2.83. The van der Waals surface area contributed by atoms with Crippen molar-refractivity contribution in [2.45, 2.75) is 19.3 Å². The Balaban J connectivity index is 2.29. The third-order valence-electron chi connectivity index (χ3n) is 3.69. The third-order valence-corrected chi connectivity index (χ3v) is 3.69. The minimum absolute atomic E-state index is 0.0398. The molecule has 1 aliphatic heterocycles. The van der Waals surface area contributed by atoms with Gasteiger partial charge >= 0.3 is 7.48 Å². The quantitative estimate of drug-likeness (QED) is 0.771. The second-order valence-corrected chi connectivity index (χ2v) is 5.17. The molecule has 0 amide bonds. The molecular formula is C15H15BO2. The molecule has 0 fully saturated rings. The second-order valence-electron chi connectivity index (χ2n) is 5.17. The average molecular weight is 238 g/mol. The molecule has 0 aromatic heterocycles. The van der Waals surface area contributed by atoms with Crippen molar-refractivity contribution in [3.05, 3.63) is 53.6 Å². The van der Waals surface area contributed by atoms with Gasteiger partial charge < -0.3 is 9.76 Å². The summed E-state index contributed by atoms with van der Waals surface area (Å²) >= 11 is 0. The van der Waals surface area contributed by atoms with Crippen LogP contribution in [-0.4, -0.2) is 12.5 Å². The van der Waals surface area contributed by atoms with Crippen molar-refractivity contribution in [1.82, 2.24) is 0 Å². The van der Waals surface area contributed by atoms with Crippen LogP contribution in [0.2, 0.25) is 0 Å². The summed E-state index contributed by atoms with van der Waals surface area (Å²) in [6.07, 6.45) is 0. The Kier molecular flexibility index (Phi) is 2.45. The molecule has 2 aromatic carbocycles. The highest BCUT2D eigenvalue weighted by Gasteiger charge is 2.35. The van der Waals surface area contributed by atoms with Crippen molar-refractivity contribution in [3.63, 3.8) is 0 Å². The lowest BCUT2D eigenvalue weighted by Crippen LogP contribution is -2.33. The van der Waals surface area contributed by atoms with Gasteiger partial charge in [0.2, 0.25) is 0 Å². The van der Waals surface area contributed by atoms with Gasteiger partial charge in [-0.2, -0.15) is 0 Å². The summed E-state index contributed by atoms with van der Waals surface area (Å²) in [5.74, 6) is 1.76. The highest BCUT2D eigenvalue weighted by atomic mass is 16.5. The predicted molar refractivity (Wildman–Crippen MR) is 74.1 cm³/mol. The van der Waals surface area contributed by atoms with Crippen LogP contribution in [0.25, 0.3) is 0 Å². The van der Waals surface area contributed by atoms with Gasteiger partial charge in [0, 0.05) is 16.5 Å². The smallest absolute Gasteiger partial charge is 0.305 e. The maximum atomic E-state index is 9.52. The van der Waals surface area contributed by atoms with Crippen molar-refractivity contribution in [1.29, 1.82) is 0 Å². The minimum Gasteiger partial charge on any atom is -0.457 e. The van der Waals surface area contributed by atoms with E-state index in [0.29, 0.717) is 0 Å². The highest BCUT2D eigenvalue weighted by Crippen LogP contribution is 2.46. The van der Waals surface area contributed by atoms with Gasteiger partial charge in [0.1, 0.15) is 11.5 Å². The van der Waals surface area contributed by atoms with Crippen LogP contribution in [0, 0.1) is 0 Å². The van der Waals surface area contributed by atoms with E-state index in [1.807, 2.05) is 36.4 Å². The second kappa shape index (κ2) is 3.89. The van der Waals surface area contributed by atoms with Crippen LogP contribution in [-0.2, 0) is 5.41 Å². The first kappa shape index (κ1) is 11.4. The number of benzene rings is 2. The molecule has 0 atom stereocenters. The van der Waals surface area contributed by atoms with Crippen molar-refractivity contribution < 1.29 is 9.76 Å². The molecule has 0 saturated heterocycles. The van der Waals surface area contributed by atoms with Crippen molar-refractivity contribution in [2.24, 2.45) is 0 Å². The van der Waals surface area contributed by atoms with Crippen LogP contribution < -0.4 is 10.2 Å². The van der Waals surface area contributed by atoms with Crippen LogP contribution in [0.1, 0.15) is 25.0 Å². The molecule has 0 bridgehead atoms. The molecule has 1 N–H and O–H groups in total. The van der Waals surface area contributed by atoms with E-state index in [2.05, 4.69) is 19.9 Å². The lowest BCUT2D eigenvalue weighted by molar-refractivity contribution is 0.419. The number of para-hydroxylation sites is 1. The third kappa shape index (κ3) is 1.47. The normalized spacial score (nSPS) is 15.3. The van der Waals surface area contributed by atoms with E-state index in [9.17, 15) is 5.02 Å². The summed E-state index contributed by atoms with van der Waals surface area (Å²) in [6.45, 7) is 4.35. The van der Waals surface area contributed by atoms with Crippen molar-refractivity contribution >= 4 is 12.9 Å². The maximum absolute atomic E-state index is 9.52. The molecule has 0 saturated carbocycles. The summed E-state index contributed by atoms with van der Waals surface area (Å²) in [7, 11) is 0.0398. The molecule has 1 aliphatic rings. The van der Waals surface area contributed by atoms with Gasteiger partial charge in [-0.1, -0.05) is 44.2 Å². The minimum atomic E-state index is -0.149. The Morgan fingerprint density at radius 1 is 1.00 bits per heavy atom. The monoisotopic (exact) mass is 238 g/mol. The summed E-state index contributed by atoms with van der Waals surface area (Å²) in [6, 6.07) is 13.9. The molecule has 2 nitrogen and oxygen atoms in total. The lowest BCUT2D eigenvalue weighted by atomic mass is 9.69. The van der Waals surface area contributed by atoms with Gasteiger partial charge in [-0.05, 0) is 17.6 Å². The fraction of sp³-hybridized carbons (Fsp3) is 0.200. The van der Waals surface area contributed by atoms with E-state index in [4.69, 9.17) is 4.74 Å².